The number of hydrogen-bond donors (Lipinski definition) is 1. The number of ether oxygens (including phenoxy) is 1. The van der Waals surface area contributed by atoms with E-state index in [1.165, 1.54) is 6.07 Å². The molecule has 0 aromatic heterocycles. The number of urea groups is 1. The van der Waals surface area contributed by atoms with Crippen LogP contribution in [-0.2, 0) is 4.74 Å². The summed E-state index contributed by atoms with van der Waals surface area (Å²) in [5.41, 5.74) is 0.607. The summed E-state index contributed by atoms with van der Waals surface area (Å²) in [6.45, 7) is 2.18. The lowest BCUT2D eigenvalue weighted by Gasteiger charge is -2.29. The highest BCUT2D eigenvalue weighted by molar-refractivity contribution is 5.74. The number of benzene rings is 1. The molecule has 1 aliphatic heterocycles. The van der Waals surface area contributed by atoms with Crippen LogP contribution in [0, 0.1) is 17.7 Å². The molecule has 2 atom stereocenters. The van der Waals surface area contributed by atoms with Crippen molar-refractivity contribution in [2.75, 3.05) is 26.8 Å². The normalized spacial score (nSPS) is 22.5. The number of halogens is 1. The van der Waals surface area contributed by atoms with E-state index in [4.69, 9.17) is 4.74 Å². The Morgan fingerprint density at radius 1 is 1.33 bits per heavy atom. The predicted molar refractivity (Wildman–Crippen MR) is 91.2 cm³/mol. The summed E-state index contributed by atoms with van der Waals surface area (Å²) in [6, 6.07) is 6.43. The molecule has 5 heteroatoms. The zero-order valence-electron chi connectivity index (χ0n) is 14.3. The molecule has 1 heterocycles. The van der Waals surface area contributed by atoms with E-state index >= 15 is 0 Å². The highest BCUT2D eigenvalue weighted by Gasteiger charge is 2.30. The Balaban J connectivity index is 1.69. The van der Waals surface area contributed by atoms with Gasteiger partial charge in [0.15, 0.2) is 0 Å². The van der Waals surface area contributed by atoms with Gasteiger partial charge in [0.1, 0.15) is 5.82 Å². The first kappa shape index (κ1) is 17.2. The predicted octanol–water partition coefficient (Wildman–Crippen LogP) is 3.73. The molecule has 3 rings (SSSR count). The molecule has 4 nitrogen and oxygen atoms in total. The van der Waals surface area contributed by atoms with Crippen molar-refractivity contribution in [3.63, 3.8) is 0 Å². The molecule has 132 valence electrons. The van der Waals surface area contributed by atoms with Crippen molar-refractivity contribution in [2.45, 2.75) is 38.1 Å². The van der Waals surface area contributed by atoms with Gasteiger partial charge in [-0.1, -0.05) is 31.0 Å². The number of hydrogen-bond acceptors (Lipinski definition) is 2. The number of nitrogens with one attached hydrogen (secondary N) is 1. The van der Waals surface area contributed by atoms with Crippen LogP contribution in [0.1, 0.15) is 43.7 Å². The van der Waals surface area contributed by atoms with E-state index < -0.39 is 0 Å². The molecule has 0 bridgehead atoms. The van der Waals surface area contributed by atoms with Crippen molar-refractivity contribution in [3.05, 3.63) is 35.6 Å². The zero-order chi connectivity index (χ0) is 16.9. The summed E-state index contributed by atoms with van der Waals surface area (Å²) in [6.07, 6.45) is 5.39. The summed E-state index contributed by atoms with van der Waals surface area (Å²) >= 11 is 0. The average Bonchev–Trinajstić information content (AvgIpc) is 3.26. The lowest BCUT2D eigenvalue weighted by Crippen LogP contribution is -2.43. The van der Waals surface area contributed by atoms with Crippen LogP contribution in [0.5, 0.6) is 0 Å². The number of amides is 2. The van der Waals surface area contributed by atoms with Gasteiger partial charge in [0.25, 0.3) is 0 Å². The van der Waals surface area contributed by atoms with E-state index in [0.717, 1.165) is 45.3 Å². The molecule has 2 aliphatic rings. The molecular formula is C19H27FN2O2. The maximum absolute atomic E-state index is 14.3. The molecule has 2 amide bonds. The van der Waals surface area contributed by atoms with Crippen LogP contribution in [0.15, 0.2) is 24.3 Å². The summed E-state index contributed by atoms with van der Waals surface area (Å²) in [5, 5.41) is 3.10. The fraction of sp³-hybridized carbons (Fsp3) is 0.632. The van der Waals surface area contributed by atoms with Crippen LogP contribution in [-0.4, -0.2) is 37.7 Å². The smallest absolute Gasteiger partial charge is 0.317 e. The molecule has 1 saturated heterocycles. The monoisotopic (exact) mass is 334 g/mol. The van der Waals surface area contributed by atoms with Gasteiger partial charge in [0.05, 0.1) is 12.6 Å². The standard InChI is InChI=1S/C19H27FN2O2/c1-22(12-14-10-11-24-13-14)19(23)21-18(15-6-2-3-7-15)16-8-4-5-9-17(16)20/h4-5,8-9,14-15,18H,2-3,6-7,10-13H2,1H3,(H,21,23)/t14-,18+/m1/s1. The molecule has 2 fully saturated rings. The highest BCUT2D eigenvalue weighted by atomic mass is 19.1. The third-order valence-electron chi connectivity index (χ3n) is 5.29. The first-order chi connectivity index (χ1) is 11.6. The molecule has 0 unspecified atom stereocenters. The molecule has 0 spiro atoms. The van der Waals surface area contributed by atoms with Crippen LogP contribution in [0.3, 0.4) is 0 Å². The minimum absolute atomic E-state index is 0.123. The van der Waals surface area contributed by atoms with Crippen LogP contribution in [0.4, 0.5) is 9.18 Å². The molecule has 1 saturated carbocycles. The summed E-state index contributed by atoms with van der Waals surface area (Å²) in [4.78, 5) is 14.3. The topological polar surface area (TPSA) is 41.6 Å². The van der Waals surface area contributed by atoms with Gasteiger partial charge in [0.2, 0.25) is 0 Å². The second kappa shape index (κ2) is 7.97. The van der Waals surface area contributed by atoms with E-state index in [2.05, 4.69) is 5.32 Å². The number of carbonyl (C=O) groups is 1. The molecule has 0 radical (unpaired) electrons. The molecule has 1 aliphatic carbocycles. The largest absolute Gasteiger partial charge is 0.381 e. The van der Waals surface area contributed by atoms with Gasteiger partial charge in [-0.15, -0.1) is 0 Å². The highest BCUT2D eigenvalue weighted by Crippen LogP contribution is 2.36. The van der Waals surface area contributed by atoms with Gasteiger partial charge in [-0.3, -0.25) is 0 Å². The summed E-state index contributed by atoms with van der Waals surface area (Å²) < 4.78 is 19.7. The first-order valence-corrected chi connectivity index (χ1v) is 8.99. The van der Waals surface area contributed by atoms with Crippen LogP contribution < -0.4 is 5.32 Å². The van der Waals surface area contributed by atoms with Gasteiger partial charge in [-0.2, -0.15) is 0 Å². The molecule has 1 N–H and O–H groups in total. The van der Waals surface area contributed by atoms with Crippen molar-refractivity contribution in [2.24, 2.45) is 11.8 Å². The SMILES string of the molecule is CN(C[C@H]1CCOC1)C(=O)N[C@H](c1ccccc1F)C1CCCC1. The lowest BCUT2D eigenvalue weighted by molar-refractivity contribution is 0.168. The van der Waals surface area contributed by atoms with Gasteiger partial charge in [-0.25, -0.2) is 9.18 Å². The lowest BCUT2D eigenvalue weighted by atomic mass is 9.91. The van der Waals surface area contributed by atoms with Gasteiger partial charge < -0.3 is 15.0 Å². The van der Waals surface area contributed by atoms with E-state index in [1.54, 1.807) is 24.1 Å². The summed E-state index contributed by atoms with van der Waals surface area (Å²) in [5.74, 6) is 0.481. The zero-order valence-corrected chi connectivity index (χ0v) is 14.3. The second-order valence-electron chi connectivity index (χ2n) is 7.10. The minimum Gasteiger partial charge on any atom is -0.381 e. The average molecular weight is 334 g/mol. The Kier molecular flexibility index (Phi) is 5.72. The first-order valence-electron chi connectivity index (χ1n) is 8.99. The molecule has 1 aromatic rings. The van der Waals surface area contributed by atoms with Crippen LogP contribution in [0.25, 0.3) is 0 Å². The Labute approximate surface area is 143 Å². The van der Waals surface area contributed by atoms with Crippen LogP contribution in [0.2, 0.25) is 0 Å². The fourth-order valence-corrected chi connectivity index (χ4v) is 3.91. The Morgan fingerprint density at radius 3 is 2.75 bits per heavy atom. The third kappa shape index (κ3) is 4.07. The Bertz CT molecular complexity index is 554. The minimum atomic E-state index is -0.247. The van der Waals surface area contributed by atoms with E-state index in [9.17, 15) is 9.18 Å². The van der Waals surface area contributed by atoms with Gasteiger partial charge >= 0.3 is 6.03 Å². The number of nitrogens with zero attached hydrogens (tertiary/aromatic N) is 1. The molecule has 1 aromatic carbocycles. The Morgan fingerprint density at radius 2 is 2.08 bits per heavy atom. The van der Waals surface area contributed by atoms with Crippen molar-refractivity contribution in [1.82, 2.24) is 10.2 Å². The number of carbonyl (C=O) groups excluding carboxylic acids is 1. The number of rotatable bonds is 5. The third-order valence-corrected chi connectivity index (χ3v) is 5.29. The van der Waals surface area contributed by atoms with Gasteiger partial charge in [-0.05, 0) is 31.2 Å². The second-order valence-corrected chi connectivity index (χ2v) is 7.10. The summed E-state index contributed by atoms with van der Waals surface area (Å²) in [7, 11) is 1.81. The quantitative estimate of drug-likeness (QED) is 0.891. The van der Waals surface area contributed by atoms with Crippen LogP contribution >= 0.6 is 0 Å². The fourth-order valence-electron chi connectivity index (χ4n) is 3.91. The van der Waals surface area contributed by atoms with Crippen molar-refractivity contribution in [1.29, 1.82) is 0 Å². The maximum atomic E-state index is 14.3. The van der Waals surface area contributed by atoms with Crippen molar-refractivity contribution in [3.8, 4) is 0 Å². The Hall–Kier alpha value is -1.62. The maximum Gasteiger partial charge on any atom is 0.317 e. The van der Waals surface area contributed by atoms with Crippen molar-refractivity contribution >= 4 is 6.03 Å². The van der Waals surface area contributed by atoms with E-state index in [1.807, 2.05) is 6.07 Å². The molecular weight excluding hydrogens is 307 g/mol. The molecule has 24 heavy (non-hydrogen) atoms. The van der Waals surface area contributed by atoms with Crippen molar-refractivity contribution < 1.29 is 13.9 Å². The van der Waals surface area contributed by atoms with Gasteiger partial charge in [0, 0.05) is 31.7 Å². The van der Waals surface area contributed by atoms with E-state index in [0.29, 0.717) is 23.9 Å². The van der Waals surface area contributed by atoms with E-state index in [-0.39, 0.29) is 17.9 Å².